The third-order valence-electron chi connectivity index (χ3n) is 3.36. The molecule has 124 valence electrons. The van der Waals surface area contributed by atoms with E-state index in [1.165, 1.54) is 5.56 Å². The second-order valence-electron chi connectivity index (χ2n) is 5.35. The highest BCUT2D eigenvalue weighted by molar-refractivity contribution is 5.35. The Balaban J connectivity index is 2.01. The molecule has 1 heterocycles. The molecule has 0 amide bonds. The zero-order valence-electron chi connectivity index (χ0n) is 13.9. The Hall–Kier alpha value is -2.37. The first-order valence-electron chi connectivity index (χ1n) is 8.16. The minimum Gasteiger partial charge on any atom is -0.463 e. The van der Waals surface area contributed by atoms with Crippen molar-refractivity contribution in [1.29, 1.82) is 0 Å². The lowest BCUT2D eigenvalue weighted by Crippen LogP contribution is -2.27. The SMILES string of the molecule is CCCN(CCC)c1nc(N)nc(OCCc2ccccc2)n1. The summed E-state index contributed by atoms with van der Waals surface area (Å²) in [6.07, 6.45) is 2.85. The number of hydrogen-bond donors (Lipinski definition) is 1. The highest BCUT2D eigenvalue weighted by atomic mass is 16.5. The van der Waals surface area contributed by atoms with Gasteiger partial charge in [0.1, 0.15) is 0 Å². The molecule has 0 fully saturated rings. The van der Waals surface area contributed by atoms with Crippen LogP contribution in [0.25, 0.3) is 0 Å². The van der Waals surface area contributed by atoms with Gasteiger partial charge in [0.2, 0.25) is 11.9 Å². The molecular weight excluding hydrogens is 290 g/mol. The van der Waals surface area contributed by atoms with Gasteiger partial charge in [-0.25, -0.2) is 0 Å². The molecule has 0 aliphatic rings. The zero-order valence-corrected chi connectivity index (χ0v) is 13.9. The predicted octanol–water partition coefficient (Wildman–Crippen LogP) is 2.70. The summed E-state index contributed by atoms with van der Waals surface area (Å²) < 4.78 is 5.67. The first kappa shape index (κ1) is 17.0. The van der Waals surface area contributed by atoms with Crippen molar-refractivity contribution in [1.82, 2.24) is 15.0 Å². The van der Waals surface area contributed by atoms with Gasteiger partial charge in [0, 0.05) is 19.5 Å². The normalized spacial score (nSPS) is 10.5. The molecule has 1 aromatic carbocycles. The number of nitrogens with two attached hydrogens (primary N) is 1. The van der Waals surface area contributed by atoms with Gasteiger partial charge in [-0.15, -0.1) is 0 Å². The van der Waals surface area contributed by atoms with Gasteiger partial charge in [-0.1, -0.05) is 44.2 Å². The Bertz CT molecular complexity index is 585. The number of aromatic nitrogens is 3. The van der Waals surface area contributed by atoms with Crippen molar-refractivity contribution in [3.63, 3.8) is 0 Å². The fourth-order valence-corrected chi connectivity index (χ4v) is 2.32. The summed E-state index contributed by atoms with van der Waals surface area (Å²) in [7, 11) is 0. The Morgan fingerprint density at radius 1 is 1.00 bits per heavy atom. The molecule has 2 rings (SSSR count). The van der Waals surface area contributed by atoms with Crippen molar-refractivity contribution < 1.29 is 4.74 Å². The number of benzene rings is 1. The molecule has 0 saturated carbocycles. The minimum atomic E-state index is 0.196. The van der Waals surface area contributed by atoms with Crippen LogP contribution in [0.5, 0.6) is 6.01 Å². The third kappa shape index (κ3) is 5.39. The lowest BCUT2D eigenvalue weighted by molar-refractivity contribution is 0.296. The van der Waals surface area contributed by atoms with E-state index < -0.39 is 0 Å². The van der Waals surface area contributed by atoms with Crippen LogP contribution >= 0.6 is 0 Å². The Morgan fingerprint density at radius 2 is 1.70 bits per heavy atom. The molecule has 0 unspecified atom stereocenters. The highest BCUT2D eigenvalue weighted by Crippen LogP contribution is 2.14. The molecule has 0 bridgehead atoms. The highest BCUT2D eigenvalue weighted by Gasteiger charge is 2.12. The molecular formula is C17H25N5O. The molecule has 0 aliphatic carbocycles. The molecule has 0 atom stereocenters. The van der Waals surface area contributed by atoms with Crippen molar-refractivity contribution in [2.24, 2.45) is 0 Å². The fraction of sp³-hybridized carbons (Fsp3) is 0.471. The van der Waals surface area contributed by atoms with Crippen molar-refractivity contribution >= 4 is 11.9 Å². The quantitative estimate of drug-likeness (QED) is 0.766. The molecule has 1 aromatic heterocycles. The summed E-state index contributed by atoms with van der Waals surface area (Å²) in [6.45, 7) is 6.55. The average Bonchev–Trinajstić information content (AvgIpc) is 2.55. The third-order valence-corrected chi connectivity index (χ3v) is 3.36. The first-order chi connectivity index (χ1) is 11.2. The summed E-state index contributed by atoms with van der Waals surface area (Å²) in [6, 6.07) is 10.5. The minimum absolute atomic E-state index is 0.196. The second-order valence-corrected chi connectivity index (χ2v) is 5.35. The van der Waals surface area contributed by atoms with E-state index in [-0.39, 0.29) is 5.95 Å². The number of rotatable bonds is 9. The van der Waals surface area contributed by atoms with Gasteiger partial charge in [-0.2, -0.15) is 15.0 Å². The van der Waals surface area contributed by atoms with Crippen LogP contribution in [0, 0.1) is 0 Å². The summed E-state index contributed by atoms with van der Waals surface area (Å²) in [5, 5.41) is 0. The van der Waals surface area contributed by atoms with E-state index in [0.717, 1.165) is 32.4 Å². The second kappa shape index (κ2) is 8.92. The number of hydrogen-bond acceptors (Lipinski definition) is 6. The largest absolute Gasteiger partial charge is 0.463 e. The number of ether oxygens (including phenoxy) is 1. The van der Waals surface area contributed by atoms with Gasteiger partial charge in [-0.05, 0) is 18.4 Å². The van der Waals surface area contributed by atoms with Crippen LogP contribution in [-0.2, 0) is 6.42 Å². The van der Waals surface area contributed by atoms with Crippen LogP contribution < -0.4 is 15.4 Å². The van der Waals surface area contributed by atoms with Crippen LogP contribution in [0.2, 0.25) is 0 Å². The Kier molecular flexibility index (Phi) is 6.59. The van der Waals surface area contributed by atoms with Gasteiger partial charge < -0.3 is 15.4 Å². The van der Waals surface area contributed by atoms with Crippen LogP contribution in [0.3, 0.4) is 0 Å². The summed E-state index contributed by atoms with van der Waals surface area (Å²) in [5.74, 6) is 0.790. The van der Waals surface area contributed by atoms with E-state index in [9.17, 15) is 0 Å². The maximum atomic E-state index is 5.80. The number of nitrogens with zero attached hydrogens (tertiary/aromatic N) is 4. The monoisotopic (exact) mass is 315 g/mol. The van der Waals surface area contributed by atoms with Crippen LogP contribution in [0.15, 0.2) is 30.3 Å². The molecule has 2 aromatic rings. The van der Waals surface area contributed by atoms with E-state index in [2.05, 4.69) is 45.8 Å². The molecule has 0 saturated heterocycles. The van der Waals surface area contributed by atoms with Crippen molar-refractivity contribution in [2.75, 3.05) is 30.3 Å². The standard InChI is InChI=1S/C17H25N5O/c1-3-11-22(12-4-2)16-19-15(18)20-17(21-16)23-13-10-14-8-6-5-7-9-14/h5-9H,3-4,10-13H2,1-2H3,(H2,18,19,20,21). The van der Waals surface area contributed by atoms with Crippen LogP contribution in [0.4, 0.5) is 11.9 Å². The Labute approximate surface area is 137 Å². The molecule has 6 nitrogen and oxygen atoms in total. The summed E-state index contributed by atoms with van der Waals surface area (Å²) >= 11 is 0. The van der Waals surface area contributed by atoms with E-state index in [0.29, 0.717) is 18.6 Å². The molecule has 0 spiro atoms. The van der Waals surface area contributed by atoms with Gasteiger partial charge in [0.25, 0.3) is 0 Å². The van der Waals surface area contributed by atoms with Gasteiger partial charge in [-0.3, -0.25) is 0 Å². The molecule has 23 heavy (non-hydrogen) atoms. The fourth-order valence-electron chi connectivity index (χ4n) is 2.32. The number of nitrogen functional groups attached to an aromatic ring is 1. The van der Waals surface area contributed by atoms with E-state index >= 15 is 0 Å². The molecule has 2 N–H and O–H groups in total. The lowest BCUT2D eigenvalue weighted by Gasteiger charge is -2.21. The van der Waals surface area contributed by atoms with Gasteiger partial charge in [0.05, 0.1) is 6.61 Å². The van der Waals surface area contributed by atoms with E-state index in [1.54, 1.807) is 0 Å². The maximum absolute atomic E-state index is 5.80. The average molecular weight is 315 g/mol. The number of anilines is 2. The summed E-state index contributed by atoms with van der Waals surface area (Å²) in [5.41, 5.74) is 7.02. The van der Waals surface area contributed by atoms with Crippen LogP contribution in [0.1, 0.15) is 32.3 Å². The van der Waals surface area contributed by atoms with Gasteiger partial charge in [0.15, 0.2) is 0 Å². The summed E-state index contributed by atoms with van der Waals surface area (Å²) in [4.78, 5) is 14.8. The van der Waals surface area contributed by atoms with Gasteiger partial charge >= 0.3 is 6.01 Å². The van der Waals surface area contributed by atoms with E-state index in [1.807, 2.05) is 18.2 Å². The predicted molar refractivity (Wildman–Crippen MR) is 92.7 cm³/mol. The topological polar surface area (TPSA) is 77.2 Å². The van der Waals surface area contributed by atoms with Crippen molar-refractivity contribution in [3.05, 3.63) is 35.9 Å². The molecule has 0 aliphatic heterocycles. The van der Waals surface area contributed by atoms with Crippen LogP contribution in [-0.4, -0.2) is 34.6 Å². The molecule has 6 heteroatoms. The van der Waals surface area contributed by atoms with E-state index in [4.69, 9.17) is 10.5 Å². The van der Waals surface area contributed by atoms with Crippen molar-refractivity contribution in [3.8, 4) is 6.01 Å². The first-order valence-corrected chi connectivity index (χ1v) is 8.16. The maximum Gasteiger partial charge on any atom is 0.323 e. The van der Waals surface area contributed by atoms with Crippen molar-refractivity contribution in [2.45, 2.75) is 33.1 Å². The Morgan fingerprint density at radius 3 is 2.35 bits per heavy atom. The smallest absolute Gasteiger partial charge is 0.323 e. The lowest BCUT2D eigenvalue weighted by atomic mass is 10.2. The zero-order chi connectivity index (χ0) is 16.5. The molecule has 0 radical (unpaired) electrons.